The van der Waals surface area contributed by atoms with Crippen LogP contribution in [0.2, 0.25) is 0 Å². The molecule has 2 aromatic rings. The molecular formula is C6H2N2Se. The molecule has 2 nitrogen and oxygen atoms in total. The van der Waals surface area contributed by atoms with Crippen LogP contribution in [0.25, 0.3) is 11.0 Å². The molecule has 0 fully saturated rings. The predicted octanol–water partition coefficient (Wildman–Crippen LogP) is 0.287. The van der Waals surface area contributed by atoms with E-state index in [1.54, 1.807) is 6.20 Å². The summed E-state index contributed by atoms with van der Waals surface area (Å²) < 4.78 is 0. The van der Waals surface area contributed by atoms with Crippen molar-refractivity contribution in [2.24, 2.45) is 0 Å². The van der Waals surface area contributed by atoms with Crippen LogP contribution in [0.5, 0.6) is 0 Å². The van der Waals surface area contributed by atoms with Gasteiger partial charge >= 0.3 is 57.8 Å². The van der Waals surface area contributed by atoms with E-state index in [9.17, 15) is 0 Å². The van der Waals surface area contributed by atoms with Crippen LogP contribution >= 0.6 is 0 Å². The van der Waals surface area contributed by atoms with Gasteiger partial charge in [0.2, 0.25) is 0 Å². The maximum absolute atomic E-state index is 4.01. The summed E-state index contributed by atoms with van der Waals surface area (Å²) in [6.07, 6.45) is 4.24. The summed E-state index contributed by atoms with van der Waals surface area (Å²) in [5.74, 6) is 0. The maximum atomic E-state index is 4.01. The molecule has 0 atom stereocenters. The van der Waals surface area contributed by atoms with E-state index >= 15 is 0 Å². The topological polar surface area (TPSA) is 25.8 Å². The molecule has 9 heavy (non-hydrogen) atoms. The SMILES string of the molecule is [c]1cnc2[c][se]cc2n1. The number of fused-ring (bicyclic) bond motifs is 1. The van der Waals surface area contributed by atoms with Gasteiger partial charge in [-0.2, -0.15) is 0 Å². The number of aromatic nitrogens is 2. The fraction of sp³-hybridized carbons (Fsp3) is 0. The third-order valence-corrected chi connectivity index (χ3v) is 2.37. The minimum atomic E-state index is 0.359. The van der Waals surface area contributed by atoms with Crippen molar-refractivity contribution >= 4 is 25.5 Å². The van der Waals surface area contributed by atoms with Gasteiger partial charge in [0.05, 0.1) is 0 Å². The average molecular weight is 181 g/mol. The van der Waals surface area contributed by atoms with Gasteiger partial charge < -0.3 is 0 Å². The van der Waals surface area contributed by atoms with Crippen LogP contribution in [-0.2, 0) is 0 Å². The molecule has 0 N–H and O–H groups in total. The van der Waals surface area contributed by atoms with Gasteiger partial charge in [-0.15, -0.1) is 0 Å². The molecule has 0 aliphatic rings. The molecular weight excluding hydrogens is 179 g/mol. The van der Waals surface area contributed by atoms with Crippen molar-refractivity contribution in [1.82, 2.24) is 9.97 Å². The molecule has 3 heteroatoms. The molecule has 0 aliphatic heterocycles. The molecule has 0 amide bonds. The Morgan fingerprint density at radius 2 is 2.56 bits per heavy atom. The summed E-state index contributed by atoms with van der Waals surface area (Å²) in [5.41, 5.74) is 1.84. The summed E-state index contributed by atoms with van der Waals surface area (Å²) in [4.78, 5) is 13.1. The van der Waals surface area contributed by atoms with Crippen molar-refractivity contribution in [3.63, 3.8) is 0 Å². The molecule has 2 rings (SSSR count). The van der Waals surface area contributed by atoms with E-state index in [1.807, 2.05) is 4.94 Å². The van der Waals surface area contributed by atoms with Gasteiger partial charge in [-0.3, -0.25) is 0 Å². The number of nitrogens with zero attached hydrogens (tertiary/aromatic N) is 2. The van der Waals surface area contributed by atoms with Crippen molar-refractivity contribution in [3.05, 3.63) is 22.3 Å². The van der Waals surface area contributed by atoms with Crippen molar-refractivity contribution < 1.29 is 0 Å². The van der Waals surface area contributed by atoms with Crippen molar-refractivity contribution in [2.45, 2.75) is 0 Å². The first kappa shape index (κ1) is 5.15. The third-order valence-electron chi connectivity index (χ3n) is 1.01. The molecule has 42 valence electrons. The monoisotopic (exact) mass is 182 g/mol. The van der Waals surface area contributed by atoms with E-state index in [-0.39, 0.29) is 0 Å². The van der Waals surface area contributed by atoms with Gasteiger partial charge in [-0.05, 0) is 0 Å². The fourth-order valence-electron chi connectivity index (χ4n) is 0.613. The molecule has 0 spiro atoms. The van der Waals surface area contributed by atoms with Crippen LogP contribution < -0.4 is 0 Å². The van der Waals surface area contributed by atoms with Crippen LogP contribution in [-0.4, -0.2) is 24.5 Å². The molecule has 2 heterocycles. The van der Waals surface area contributed by atoms with Gasteiger partial charge in [0, 0.05) is 0 Å². The number of hydrogen-bond acceptors (Lipinski definition) is 2. The molecule has 0 aliphatic carbocycles. The Balaban J connectivity index is 2.95. The minimum absolute atomic E-state index is 0.359. The second kappa shape index (κ2) is 1.94. The molecule has 0 saturated heterocycles. The van der Waals surface area contributed by atoms with Crippen LogP contribution in [0.3, 0.4) is 0 Å². The van der Waals surface area contributed by atoms with Gasteiger partial charge in [0.25, 0.3) is 0 Å². The number of hydrogen-bond donors (Lipinski definition) is 0. The molecule has 0 bridgehead atoms. The van der Waals surface area contributed by atoms with Gasteiger partial charge in [0.1, 0.15) is 0 Å². The average Bonchev–Trinajstić information content (AvgIpc) is 2.33. The summed E-state index contributed by atoms with van der Waals surface area (Å²) in [6, 6.07) is 0. The van der Waals surface area contributed by atoms with E-state index < -0.39 is 0 Å². The Labute approximate surface area is 58.3 Å². The van der Waals surface area contributed by atoms with Crippen LogP contribution in [0.4, 0.5) is 0 Å². The van der Waals surface area contributed by atoms with Crippen LogP contribution in [0, 0.1) is 11.1 Å². The summed E-state index contributed by atoms with van der Waals surface area (Å²) in [6.45, 7) is 0. The third kappa shape index (κ3) is 0.784. The van der Waals surface area contributed by atoms with E-state index in [2.05, 4.69) is 21.1 Å². The first-order valence-corrected chi connectivity index (χ1v) is 4.29. The van der Waals surface area contributed by atoms with Gasteiger partial charge in [-0.25, -0.2) is 0 Å². The zero-order chi connectivity index (χ0) is 6.10. The first-order chi connectivity index (χ1) is 4.47. The van der Waals surface area contributed by atoms with E-state index in [0.29, 0.717) is 14.5 Å². The Morgan fingerprint density at radius 3 is 3.44 bits per heavy atom. The zero-order valence-electron chi connectivity index (χ0n) is 4.46. The standard InChI is InChI=1S/C6H2N2Se/c1-2-8-6-4-9-3-5(6)7-1/h1,4H. The number of rotatable bonds is 0. The fourth-order valence-corrected chi connectivity index (χ4v) is 1.88. The second-order valence-electron chi connectivity index (χ2n) is 1.57. The molecule has 0 aromatic carbocycles. The van der Waals surface area contributed by atoms with E-state index in [4.69, 9.17) is 0 Å². The molecule has 0 saturated carbocycles. The van der Waals surface area contributed by atoms with Crippen LogP contribution in [0.1, 0.15) is 0 Å². The van der Waals surface area contributed by atoms with Crippen molar-refractivity contribution in [3.8, 4) is 0 Å². The molecule has 2 radical (unpaired) electrons. The quantitative estimate of drug-likeness (QED) is 0.546. The predicted molar refractivity (Wildman–Crippen MR) is 34.2 cm³/mol. The van der Waals surface area contributed by atoms with E-state index in [0.717, 1.165) is 11.0 Å². The summed E-state index contributed by atoms with van der Waals surface area (Å²) in [7, 11) is 0. The Hall–Kier alpha value is -0.661. The second-order valence-corrected chi connectivity index (χ2v) is 2.99. The zero-order valence-corrected chi connectivity index (χ0v) is 6.17. The van der Waals surface area contributed by atoms with Gasteiger partial charge in [0.15, 0.2) is 0 Å². The van der Waals surface area contributed by atoms with E-state index in [1.165, 1.54) is 0 Å². The van der Waals surface area contributed by atoms with Crippen molar-refractivity contribution in [1.29, 1.82) is 0 Å². The molecule has 0 unspecified atom stereocenters. The Kier molecular flexibility index (Phi) is 1.11. The Bertz CT molecular complexity index is 285. The molecule has 2 aromatic heterocycles. The van der Waals surface area contributed by atoms with Crippen LogP contribution in [0.15, 0.2) is 11.1 Å². The summed E-state index contributed by atoms with van der Waals surface area (Å²) >= 11 is 0.359. The van der Waals surface area contributed by atoms with Gasteiger partial charge in [-0.1, -0.05) is 0 Å². The Morgan fingerprint density at radius 1 is 1.56 bits per heavy atom. The summed E-state index contributed by atoms with van der Waals surface area (Å²) in [5, 5.41) is 0. The van der Waals surface area contributed by atoms with Crippen molar-refractivity contribution in [2.75, 3.05) is 0 Å². The first-order valence-electron chi connectivity index (χ1n) is 2.45. The normalized spacial score (nSPS) is 10.2.